The minimum atomic E-state index is 0.218. The van der Waals surface area contributed by atoms with Crippen molar-refractivity contribution in [3.8, 4) is 5.75 Å². The summed E-state index contributed by atoms with van der Waals surface area (Å²) in [4.78, 5) is 8.80. The Morgan fingerprint density at radius 3 is 2.85 bits per heavy atom. The minimum absolute atomic E-state index is 0.218. The maximum Gasteiger partial charge on any atom is 0.283 e. The summed E-state index contributed by atoms with van der Waals surface area (Å²) in [7, 11) is 0. The summed E-state index contributed by atoms with van der Waals surface area (Å²) in [6.45, 7) is 4.24. The first-order valence-electron chi connectivity index (χ1n) is 8.31. The van der Waals surface area contributed by atoms with E-state index in [1.165, 1.54) is 11.8 Å². The lowest BCUT2D eigenvalue weighted by atomic mass is 10.1. The molecule has 0 aliphatic heterocycles. The number of aromatic nitrogens is 4. The van der Waals surface area contributed by atoms with Crippen LogP contribution in [0.4, 0.5) is 0 Å². The van der Waals surface area contributed by atoms with E-state index < -0.39 is 0 Å². The molecule has 0 bridgehead atoms. The van der Waals surface area contributed by atoms with Crippen molar-refractivity contribution in [2.24, 2.45) is 0 Å². The average Bonchev–Trinajstić information content (AvgIpc) is 3.36. The average molecular weight is 389 g/mol. The number of halogens is 1. The third-order valence-corrected chi connectivity index (χ3v) is 4.92. The van der Waals surface area contributed by atoms with Gasteiger partial charge in [-0.1, -0.05) is 23.7 Å². The van der Waals surface area contributed by atoms with Gasteiger partial charge in [-0.25, -0.2) is 9.97 Å². The molecule has 0 amide bonds. The van der Waals surface area contributed by atoms with Crippen LogP contribution in [0.5, 0.6) is 5.75 Å². The first-order valence-corrected chi connectivity index (χ1v) is 9.51. The van der Waals surface area contributed by atoms with Crippen LogP contribution in [-0.4, -0.2) is 20.2 Å². The van der Waals surface area contributed by atoms with Crippen molar-refractivity contribution in [2.45, 2.75) is 49.5 Å². The number of rotatable bonds is 6. The molecule has 1 aliphatic rings. The van der Waals surface area contributed by atoms with E-state index in [-0.39, 0.29) is 6.61 Å². The molecule has 0 radical (unpaired) electrons. The molecule has 0 atom stereocenters. The van der Waals surface area contributed by atoms with E-state index in [0.29, 0.717) is 27.2 Å². The van der Waals surface area contributed by atoms with Crippen LogP contribution >= 0.6 is 23.4 Å². The minimum Gasteiger partial charge on any atom is -0.484 e. The fraction of sp³-hybridized carbons (Fsp3) is 0.333. The Labute approximate surface area is 160 Å². The molecule has 1 aliphatic carbocycles. The third kappa shape index (κ3) is 4.16. The standard InChI is InChI=1S/C18H17ClN4O2S/c1-10-3-4-11(2)13(7-10)24-9-15-22-23-18(25-15)26-16-8-14(19)20-17(21-16)12-5-6-12/h3-4,7-8,12H,5-6,9H2,1-2H3. The fourth-order valence-electron chi connectivity index (χ4n) is 2.42. The van der Waals surface area contributed by atoms with Crippen LogP contribution in [0, 0.1) is 13.8 Å². The van der Waals surface area contributed by atoms with Gasteiger partial charge >= 0.3 is 0 Å². The SMILES string of the molecule is Cc1ccc(C)c(OCc2nnc(Sc3cc(Cl)nc(C4CC4)n3)o2)c1. The quantitative estimate of drug-likeness (QED) is 0.564. The molecular formula is C18H17ClN4O2S. The van der Waals surface area contributed by atoms with Gasteiger partial charge in [0.05, 0.1) is 0 Å². The van der Waals surface area contributed by atoms with Crippen LogP contribution < -0.4 is 4.74 Å². The van der Waals surface area contributed by atoms with Crippen LogP contribution in [0.1, 0.15) is 41.6 Å². The molecule has 3 aromatic rings. The summed E-state index contributed by atoms with van der Waals surface area (Å²) < 4.78 is 11.4. The Kier molecular flexibility index (Phi) is 4.82. The van der Waals surface area contributed by atoms with Crippen LogP contribution in [0.15, 0.2) is 38.9 Å². The van der Waals surface area contributed by atoms with Crippen molar-refractivity contribution < 1.29 is 9.15 Å². The highest BCUT2D eigenvalue weighted by Gasteiger charge is 2.27. The van der Waals surface area contributed by atoms with Gasteiger partial charge in [-0.15, -0.1) is 10.2 Å². The normalized spacial score (nSPS) is 13.8. The number of ether oxygens (including phenoxy) is 1. The Hall–Kier alpha value is -2.12. The lowest BCUT2D eigenvalue weighted by Gasteiger charge is -2.07. The molecule has 8 heteroatoms. The van der Waals surface area contributed by atoms with Crippen molar-refractivity contribution in [1.29, 1.82) is 0 Å². The predicted octanol–water partition coefficient (Wildman–Crippen LogP) is 4.74. The lowest BCUT2D eigenvalue weighted by molar-refractivity contribution is 0.250. The van der Waals surface area contributed by atoms with Gasteiger partial charge in [-0.05, 0) is 55.6 Å². The number of benzene rings is 1. The maximum atomic E-state index is 6.09. The highest BCUT2D eigenvalue weighted by molar-refractivity contribution is 7.99. The molecular weight excluding hydrogens is 372 g/mol. The second-order valence-electron chi connectivity index (χ2n) is 6.28. The Morgan fingerprint density at radius 1 is 1.19 bits per heavy atom. The van der Waals surface area contributed by atoms with Crippen LogP contribution in [-0.2, 0) is 6.61 Å². The Morgan fingerprint density at radius 2 is 2.04 bits per heavy atom. The zero-order valence-corrected chi connectivity index (χ0v) is 16.0. The van der Waals surface area contributed by atoms with Gasteiger partial charge in [0.2, 0.25) is 0 Å². The topological polar surface area (TPSA) is 73.9 Å². The molecule has 2 aromatic heterocycles. The highest BCUT2D eigenvalue weighted by atomic mass is 35.5. The lowest BCUT2D eigenvalue weighted by Crippen LogP contribution is -1.97. The van der Waals surface area contributed by atoms with E-state index in [1.807, 2.05) is 32.0 Å². The third-order valence-electron chi connectivity index (χ3n) is 3.97. The molecule has 0 unspecified atom stereocenters. The summed E-state index contributed by atoms with van der Waals surface area (Å²) in [5.74, 6) is 2.44. The maximum absolute atomic E-state index is 6.09. The van der Waals surface area contributed by atoms with Gasteiger partial charge in [-0.2, -0.15) is 0 Å². The first kappa shape index (κ1) is 17.3. The molecule has 0 N–H and O–H groups in total. The zero-order chi connectivity index (χ0) is 18.1. The summed E-state index contributed by atoms with van der Waals surface area (Å²) in [6.07, 6.45) is 2.23. The number of hydrogen-bond acceptors (Lipinski definition) is 7. The highest BCUT2D eigenvalue weighted by Crippen LogP contribution is 2.39. The smallest absolute Gasteiger partial charge is 0.283 e. The molecule has 1 saturated carbocycles. The number of aryl methyl sites for hydroxylation is 2. The fourth-order valence-corrected chi connectivity index (χ4v) is 3.38. The molecule has 0 spiro atoms. The molecule has 1 aromatic carbocycles. The Balaban J connectivity index is 1.42. The summed E-state index contributed by atoms with van der Waals surface area (Å²) in [6, 6.07) is 7.76. The second kappa shape index (κ2) is 7.25. The zero-order valence-electron chi connectivity index (χ0n) is 14.4. The van der Waals surface area contributed by atoms with E-state index in [4.69, 9.17) is 20.8 Å². The monoisotopic (exact) mass is 388 g/mol. The molecule has 26 heavy (non-hydrogen) atoms. The number of hydrogen-bond donors (Lipinski definition) is 0. The molecule has 0 saturated heterocycles. The van der Waals surface area contributed by atoms with Crippen molar-refractivity contribution in [2.75, 3.05) is 0 Å². The van der Waals surface area contributed by atoms with E-state index >= 15 is 0 Å². The van der Waals surface area contributed by atoms with Gasteiger partial charge in [0, 0.05) is 12.0 Å². The second-order valence-corrected chi connectivity index (χ2v) is 7.64. The van der Waals surface area contributed by atoms with Gasteiger partial charge in [0.15, 0.2) is 6.61 Å². The van der Waals surface area contributed by atoms with Gasteiger partial charge in [0.25, 0.3) is 11.1 Å². The van der Waals surface area contributed by atoms with Crippen molar-refractivity contribution in [1.82, 2.24) is 20.2 Å². The molecule has 6 nitrogen and oxygen atoms in total. The van der Waals surface area contributed by atoms with Crippen molar-refractivity contribution in [3.63, 3.8) is 0 Å². The molecule has 134 valence electrons. The van der Waals surface area contributed by atoms with E-state index in [0.717, 1.165) is 35.5 Å². The van der Waals surface area contributed by atoms with Gasteiger partial charge < -0.3 is 9.15 Å². The summed E-state index contributed by atoms with van der Waals surface area (Å²) in [5, 5.41) is 9.62. The van der Waals surface area contributed by atoms with Gasteiger partial charge in [-0.3, -0.25) is 0 Å². The van der Waals surface area contributed by atoms with Crippen molar-refractivity contribution >= 4 is 23.4 Å². The predicted molar refractivity (Wildman–Crippen MR) is 97.7 cm³/mol. The van der Waals surface area contributed by atoms with E-state index in [2.05, 4.69) is 20.2 Å². The Bertz CT molecular complexity index is 943. The molecule has 4 rings (SSSR count). The van der Waals surface area contributed by atoms with Crippen LogP contribution in [0.3, 0.4) is 0 Å². The number of nitrogens with zero attached hydrogens (tertiary/aromatic N) is 4. The summed E-state index contributed by atoms with van der Waals surface area (Å²) >= 11 is 7.37. The van der Waals surface area contributed by atoms with Crippen LogP contribution in [0.25, 0.3) is 0 Å². The molecule has 1 fully saturated rings. The van der Waals surface area contributed by atoms with Gasteiger partial charge in [0.1, 0.15) is 21.8 Å². The largest absolute Gasteiger partial charge is 0.484 e. The van der Waals surface area contributed by atoms with E-state index in [1.54, 1.807) is 6.07 Å². The van der Waals surface area contributed by atoms with Crippen LogP contribution in [0.2, 0.25) is 5.15 Å². The first-order chi connectivity index (χ1) is 12.6. The van der Waals surface area contributed by atoms with E-state index in [9.17, 15) is 0 Å². The summed E-state index contributed by atoms with van der Waals surface area (Å²) in [5.41, 5.74) is 2.20. The molecule has 2 heterocycles. The van der Waals surface area contributed by atoms with Crippen molar-refractivity contribution in [3.05, 3.63) is 52.3 Å².